The first-order valence-electron chi connectivity index (χ1n) is 4.27. The van der Waals surface area contributed by atoms with Crippen LogP contribution in [0.2, 0.25) is 0 Å². The van der Waals surface area contributed by atoms with E-state index >= 15 is 0 Å². The standard InChI is InChI=1S/C10H11NO2/c1-6(12)7-2-3-8-5-11-10(13)9(8)4-7/h2-4,6,12H,5H2,1H3,(H,11,13)/t6-/m1/s1. The summed E-state index contributed by atoms with van der Waals surface area (Å²) in [5.41, 5.74) is 2.49. The van der Waals surface area contributed by atoms with E-state index in [4.69, 9.17) is 0 Å². The van der Waals surface area contributed by atoms with Crippen LogP contribution in [0.4, 0.5) is 0 Å². The van der Waals surface area contributed by atoms with Crippen LogP contribution in [0.25, 0.3) is 0 Å². The van der Waals surface area contributed by atoms with E-state index in [0.29, 0.717) is 12.1 Å². The predicted molar refractivity (Wildman–Crippen MR) is 48.2 cm³/mol. The molecule has 1 atom stereocenters. The minimum atomic E-state index is -0.515. The van der Waals surface area contributed by atoms with Gasteiger partial charge in [-0.2, -0.15) is 0 Å². The van der Waals surface area contributed by atoms with Gasteiger partial charge in [-0.1, -0.05) is 12.1 Å². The number of carbonyl (C=O) groups is 1. The first kappa shape index (κ1) is 8.26. The molecule has 2 rings (SSSR count). The lowest BCUT2D eigenvalue weighted by Crippen LogP contribution is -2.12. The number of nitrogens with one attached hydrogen (secondary N) is 1. The van der Waals surface area contributed by atoms with Gasteiger partial charge in [-0.3, -0.25) is 4.79 Å². The second kappa shape index (κ2) is 2.85. The Morgan fingerprint density at radius 1 is 1.54 bits per heavy atom. The Morgan fingerprint density at radius 2 is 2.31 bits per heavy atom. The summed E-state index contributed by atoms with van der Waals surface area (Å²) in [6.45, 7) is 2.29. The van der Waals surface area contributed by atoms with Gasteiger partial charge in [0.25, 0.3) is 5.91 Å². The number of aliphatic hydroxyl groups excluding tert-OH is 1. The maximum absolute atomic E-state index is 11.2. The SMILES string of the molecule is C[C@@H](O)c1ccc2c(c1)C(=O)NC2. The van der Waals surface area contributed by atoms with Crippen LogP contribution in [0.1, 0.15) is 34.5 Å². The van der Waals surface area contributed by atoms with Gasteiger partial charge in [-0.05, 0) is 24.1 Å². The number of carbonyl (C=O) groups excluding carboxylic acids is 1. The Kier molecular flexibility index (Phi) is 1.81. The molecule has 0 aliphatic carbocycles. The zero-order valence-corrected chi connectivity index (χ0v) is 7.37. The van der Waals surface area contributed by atoms with Crippen molar-refractivity contribution in [1.82, 2.24) is 5.32 Å². The Balaban J connectivity index is 2.48. The summed E-state index contributed by atoms with van der Waals surface area (Å²) in [6.07, 6.45) is -0.515. The normalized spacial score (nSPS) is 16.6. The van der Waals surface area contributed by atoms with Gasteiger partial charge in [-0.25, -0.2) is 0 Å². The molecule has 0 saturated carbocycles. The molecule has 3 nitrogen and oxygen atoms in total. The first-order chi connectivity index (χ1) is 6.18. The van der Waals surface area contributed by atoms with Crippen molar-refractivity contribution >= 4 is 5.91 Å². The molecule has 1 aromatic carbocycles. The van der Waals surface area contributed by atoms with Crippen molar-refractivity contribution in [1.29, 1.82) is 0 Å². The summed E-state index contributed by atoms with van der Waals surface area (Å²) in [4.78, 5) is 11.2. The molecule has 0 radical (unpaired) electrons. The summed E-state index contributed by atoms with van der Waals surface area (Å²) in [5, 5.41) is 12.0. The molecule has 0 saturated heterocycles. The second-order valence-electron chi connectivity index (χ2n) is 3.28. The molecule has 0 aromatic heterocycles. The Labute approximate surface area is 76.4 Å². The van der Waals surface area contributed by atoms with Crippen molar-refractivity contribution in [2.75, 3.05) is 0 Å². The smallest absolute Gasteiger partial charge is 0.251 e. The summed E-state index contributed by atoms with van der Waals surface area (Å²) in [6, 6.07) is 5.49. The van der Waals surface area contributed by atoms with Crippen LogP contribution >= 0.6 is 0 Å². The van der Waals surface area contributed by atoms with Crippen molar-refractivity contribution in [2.45, 2.75) is 19.6 Å². The van der Waals surface area contributed by atoms with E-state index < -0.39 is 6.10 Å². The summed E-state index contributed by atoms with van der Waals surface area (Å²) in [5.74, 6) is -0.0440. The van der Waals surface area contributed by atoms with Crippen molar-refractivity contribution in [2.24, 2.45) is 0 Å². The van der Waals surface area contributed by atoms with Crippen LogP contribution in [-0.4, -0.2) is 11.0 Å². The van der Waals surface area contributed by atoms with Crippen LogP contribution in [-0.2, 0) is 6.54 Å². The van der Waals surface area contributed by atoms with E-state index in [1.54, 1.807) is 13.0 Å². The molecule has 0 spiro atoms. The van der Waals surface area contributed by atoms with Gasteiger partial charge in [0.15, 0.2) is 0 Å². The van der Waals surface area contributed by atoms with Gasteiger partial charge < -0.3 is 10.4 Å². The lowest BCUT2D eigenvalue weighted by Gasteiger charge is -2.05. The van der Waals surface area contributed by atoms with Gasteiger partial charge in [0.1, 0.15) is 0 Å². The highest BCUT2D eigenvalue weighted by atomic mass is 16.3. The molecule has 0 unspecified atom stereocenters. The van der Waals surface area contributed by atoms with Crippen LogP contribution < -0.4 is 5.32 Å². The van der Waals surface area contributed by atoms with E-state index in [0.717, 1.165) is 11.1 Å². The zero-order valence-electron chi connectivity index (χ0n) is 7.37. The summed E-state index contributed by atoms with van der Waals surface area (Å²) in [7, 11) is 0. The van der Waals surface area contributed by atoms with E-state index in [9.17, 15) is 9.90 Å². The monoisotopic (exact) mass is 177 g/mol. The average Bonchev–Trinajstić information content (AvgIpc) is 2.47. The largest absolute Gasteiger partial charge is 0.389 e. The van der Waals surface area contributed by atoms with Crippen molar-refractivity contribution in [3.8, 4) is 0 Å². The van der Waals surface area contributed by atoms with Gasteiger partial charge in [0, 0.05) is 12.1 Å². The van der Waals surface area contributed by atoms with Crippen molar-refractivity contribution in [3.63, 3.8) is 0 Å². The van der Waals surface area contributed by atoms with Crippen LogP contribution in [0.5, 0.6) is 0 Å². The number of hydrogen-bond acceptors (Lipinski definition) is 2. The topological polar surface area (TPSA) is 49.3 Å². The highest BCUT2D eigenvalue weighted by molar-refractivity contribution is 5.98. The van der Waals surface area contributed by atoms with Gasteiger partial charge in [-0.15, -0.1) is 0 Å². The van der Waals surface area contributed by atoms with E-state index in [-0.39, 0.29) is 5.91 Å². The Morgan fingerprint density at radius 3 is 3.00 bits per heavy atom. The third-order valence-corrected chi connectivity index (χ3v) is 2.30. The minimum Gasteiger partial charge on any atom is -0.389 e. The fraction of sp³-hybridized carbons (Fsp3) is 0.300. The third kappa shape index (κ3) is 1.31. The number of benzene rings is 1. The fourth-order valence-corrected chi connectivity index (χ4v) is 1.49. The van der Waals surface area contributed by atoms with Gasteiger partial charge in [0.05, 0.1) is 6.10 Å². The van der Waals surface area contributed by atoms with Crippen molar-refractivity contribution < 1.29 is 9.90 Å². The number of hydrogen-bond donors (Lipinski definition) is 2. The molecule has 13 heavy (non-hydrogen) atoms. The molecule has 1 amide bonds. The van der Waals surface area contributed by atoms with E-state index in [1.165, 1.54) is 0 Å². The molecule has 1 aromatic rings. The lowest BCUT2D eigenvalue weighted by molar-refractivity contribution is 0.0965. The fourth-order valence-electron chi connectivity index (χ4n) is 1.49. The quantitative estimate of drug-likeness (QED) is 0.671. The number of aliphatic hydroxyl groups is 1. The van der Waals surface area contributed by atoms with E-state index in [2.05, 4.69) is 5.32 Å². The molecule has 2 N–H and O–H groups in total. The summed E-state index contributed by atoms with van der Waals surface area (Å²) < 4.78 is 0. The lowest BCUT2D eigenvalue weighted by atomic mass is 10.0. The zero-order chi connectivity index (χ0) is 9.42. The second-order valence-corrected chi connectivity index (χ2v) is 3.28. The van der Waals surface area contributed by atoms with Crippen LogP contribution in [0.3, 0.4) is 0 Å². The van der Waals surface area contributed by atoms with Crippen molar-refractivity contribution in [3.05, 3.63) is 34.9 Å². The maximum atomic E-state index is 11.2. The number of amides is 1. The molecule has 1 aliphatic heterocycles. The van der Waals surface area contributed by atoms with Crippen LogP contribution in [0, 0.1) is 0 Å². The number of rotatable bonds is 1. The summed E-state index contributed by atoms with van der Waals surface area (Å²) >= 11 is 0. The average molecular weight is 177 g/mol. The highest BCUT2D eigenvalue weighted by Crippen LogP contribution is 2.20. The number of fused-ring (bicyclic) bond motifs is 1. The minimum absolute atomic E-state index is 0.0440. The first-order valence-corrected chi connectivity index (χ1v) is 4.27. The molecule has 0 bridgehead atoms. The molecular weight excluding hydrogens is 166 g/mol. The highest BCUT2D eigenvalue weighted by Gasteiger charge is 2.19. The molecular formula is C10H11NO2. The molecule has 3 heteroatoms. The maximum Gasteiger partial charge on any atom is 0.251 e. The third-order valence-electron chi connectivity index (χ3n) is 2.30. The molecule has 68 valence electrons. The van der Waals surface area contributed by atoms with Gasteiger partial charge in [0.2, 0.25) is 0 Å². The predicted octanol–water partition coefficient (Wildman–Crippen LogP) is 0.983. The molecule has 0 fully saturated rings. The van der Waals surface area contributed by atoms with Crippen LogP contribution in [0.15, 0.2) is 18.2 Å². The molecule has 1 heterocycles. The Hall–Kier alpha value is -1.35. The Bertz CT molecular complexity index is 358. The molecule has 1 aliphatic rings. The van der Waals surface area contributed by atoms with Gasteiger partial charge >= 0.3 is 0 Å². The van der Waals surface area contributed by atoms with E-state index in [1.807, 2.05) is 12.1 Å².